The normalized spacial score (nSPS) is 16.1. The number of nitrogens with one attached hydrogen (secondary N) is 4. The summed E-state index contributed by atoms with van der Waals surface area (Å²) in [6.07, 6.45) is 2.05. The summed E-state index contributed by atoms with van der Waals surface area (Å²) >= 11 is 0. The Morgan fingerprint density at radius 3 is 2.34 bits per heavy atom. The predicted molar refractivity (Wildman–Crippen MR) is 151 cm³/mol. The second-order valence-corrected chi connectivity index (χ2v) is 10.5. The van der Waals surface area contributed by atoms with E-state index in [4.69, 9.17) is 0 Å². The lowest BCUT2D eigenvalue weighted by molar-refractivity contribution is -0.141. The number of amides is 4. The third kappa shape index (κ3) is 7.93. The van der Waals surface area contributed by atoms with Crippen LogP contribution in [0.1, 0.15) is 49.2 Å². The first kappa shape index (κ1) is 29.3. The fraction of sp³-hybridized carbons (Fsp3) is 0.367. The Kier molecular flexibility index (Phi) is 9.73. The first-order valence-electron chi connectivity index (χ1n) is 13.7. The Morgan fingerprint density at radius 2 is 1.66 bits per heavy atom. The molecule has 3 aromatic rings. The van der Waals surface area contributed by atoms with Gasteiger partial charge in [0.1, 0.15) is 11.7 Å². The van der Waals surface area contributed by atoms with Gasteiger partial charge in [-0.05, 0) is 42.9 Å². The van der Waals surface area contributed by atoms with Crippen molar-refractivity contribution in [2.24, 2.45) is 11.8 Å². The second-order valence-electron chi connectivity index (χ2n) is 10.5. The summed E-state index contributed by atoms with van der Waals surface area (Å²) in [4.78, 5) is 73.5. The van der Waals surface area contributed by atoms with Gasteiger partial charge in [-0.3, -0.25) is 29.0 Å². The van der Waals surface area contributed by atoms with Gasteiger partial charge in [0, 0.05) is 19.0 Å². The van der Waals surface area contributed by atoms with E-state index in [1.54, 1.807) is 18.2 Å². The first-order valence-corrected chi connectivity index (χ1v) is 13.7. The van der Waals surface area contributed by atoms with Crippen molar-refractivity contribution in [3.05, 3.63) is 72.1 Å². The van der Waals surface area contributed by atoms with Gasteiger partial charge in [0.15, 0.2) is 0 Å². The summed E-state index contributed by atoms with van der Waals surface area (Å²) in [5.41, 5.74) is 2.01. The van der Waals surface area contributed by atoms with Gasteiger partial charge < -0.3 is 21.3 Å². The number of benzene rings is 2. The third-order valence-corrected chi connectivity index (χ3v) is 6.85. The number of aromatic nitrogens is 2. The monoisotopic (exact) mass is 558 g/mol. The summed E-state index contributed by atoms with van der Waals surface area (Å²) in [5, 5.41) is 10.7. The number of nitrogens with zero attached hydrogens (tertiary/aromatic N) is 2. The Labute approximate surface area is 237 Å². The predicted octanol–water partition coefficient (Wildman–Crippen LogP) is 1.67. The van der Waals surface area contributed by atoms with E-state index in [0.29, 0.717) is 24.0 Å². The van der Waals surface area contributed by atoms with Gasteiger partial charge >= 0.3 is 0 Å². The van der Waals surface area contributed by atoms with Crippen LogP contribution in [0.25, 0.3) is 11.0 Å². The zero-order chi connectivity index (χ0) is 29.4. The smallest absolute Gasteiger partial charge is 0.289 e. The number of hydrogen-bond donors (Lipinski definition) is 4. The average molecular weight is 559 g/mol. The molecule has 0 aliphatic carbocycles. The van der Waals surface area contributed by atoms with E-state index in [9.17, 15) is 24.0 Å². The van der Waals surface area contributed by atoms with Crippen LogP contribution in [0.2, 0.25) is 0 Å². The van der Waals surface area contributed by atoms with Crippen LogP contribution in [-0.4, -0.2) is 58.0 Å². The SMILES string of the molecule is CC(C)C[C@H](NC(=O)c1cnc2ccccc2n1)C(=O)N[C@@H](C[C@@H]1CCNC1=O)C(=O)C(=O)NCc1ccccc1. The van der Waals surface area contributed by atoms with Crippen molar-refractivity contribution in [2.75, 3.05) is 6.54 Å². The molecule has 1 fully saturated rings. The fourth-order valence-corrected chi connectivity index (χ4v) is 4.68. The van der Waals surface area contributed by atoms with Gasteiger partial charge in [0.05, 0.1) is 23.3 Å². The molecule has 4 amide bonds. The van der Waals surface area contributed by atoms with E-state index in [1.807, 2.05) is 50.2 Å². The minimum absolute atomic E-state index is 0.0117. The lowest BCUT2D eigenvalue weighted by atomic mass is 9.94. The Hall–Kier alpha value is -4.67. The number of hydrogen-bond acceptors (Lipinski definition) is 7. The number of carbonyl (C=O) groups excluding carboxylic acids is 5. The molecule has 11 nitrogen and oxygen atoms in total. The molecule has 0 radical (unpaired) electrons. The van der Waals surface area contributed by atoms with E-state index in [0.717, 1.165) is 5.56 Å². The van der Waals surface area contributed by atoms with Gasteiger partial charge in [0.25, 0.3) is 11.8 Å². The highest BCUT2D eigenvalue weighted by atomic mass is 16.2. The van der Waals surface area contributed by atoms with E-state index in [1.165, 1.54) is 6.20 Å². The average Bonchev–Trinajstić information content (AvgIpc) is 3.38. The summed E-state index contributed by atoms with van der Waals surface area (Å²) < 4.78 is 0. The van der Waals surface area contributed by atoms with Crippen LogP contribution in [-0.2, 0) is 25.7 Å². The largest absolute Gasteiger partial charge is 0.356 e. The maximum absolute atomic E-state index is 13.5. The molecule has 1 aromatic heterocycles. The molecule has 3 atom stereocenters. The quantitative estimate of drug-likeness (QED) is 0.246. The molecule has 4 rings (SSSR count). The summed E-state index contributed by atoms with van der Waals surface area (Å²) in [6.45, 7) is 4.38. The lowest BCUT2D eigenvalue weighted by Gasteiger charge is -2.24. The Bertz CT molecular complexity index is 1430. The maximum atomic E-state index is 13.5. The van der Waals surface area contributed by atoms with Crippen LogP contribution >= 0.6 is 0 Å². The molecule has 1 saturated heterocycles. The lowest BCUT2D eigenvalue weighted by Crippen LogP contribution is -2.54. The summed E-state index contributed by atoms with van der Waals surface area (Å²) in [7, 11) is 0. The molecule has 1 aliphatic heterocycles. The molecule has 214 valence electrons. The van der Waals surface area contributed by atoms with E-state index in [2.05, 4.69) is 31.2 Å². The molecular formula is C30H34N6O5. The van der Waals surface area contributed by atoms with E-state index in [-0.39, 0.29) is 36.9 Å². The van der Waals surface area contributed by atoms with E-state index < -0.39 is 41.5 Å². The van der Waals surface area contributed by atoms with Crippen LogP contribution in [0.15, 0.2) is 60.8 Å². The second kappa shape index (κ2) is 13.6. The number of Topliss-reactive ketones (excluding diaryl/α,β-unsaturated/α-hetero) is 1. The minimum atomic E-state index is -1.25. The fourth-order valence-electron chi connectivity index (χ4n) is 4.68. The molecule has 1 aliphatic rings. The highest BCUT2D eigenvalue weighted by molar-refractivity contribution is 6.38. The summed E-state index contributed by atoms with van der Waals surface area (Å²) in [5.74, 6) is -3.70. The number of rotatable bonds is 12. The Balaban J connectivity index is 1.48. The van der Waals surface area contributed by atoms with Crippen molar-refractivity contribution in [3.8, 4) is 0 Å². The topological polar surface area (TPSA) is 159 Å². The molecule has 0 saturated carbocycles. The molecule has 11 heteroatoms. The van der Waals surface area contributed by atoms with Gasteiger partial charge in [-0.15, -0.1) is 0 Å². The van der Waals surface area contributed by atoms with Gasteiger partial charge in [-0.2, -0.15) is 0 Å². The third-order valence-electron chi connectivity index (χ3n) is 6.85. The number of carbonyl (C=O) groups is 5. The molecule has 2 aromatic carbocycles. The van der Waals surface area contributed by atoms with Crippen molar-refractivity contribution in [1.29, 1.82) is 0 Å². The molecule has 4 N–H and O–H groups in total. The van der Waals surface area contributed by atoms with Crippen LogP contribution in [0.4, 0.5) is 0 Å². The van der Waals surface area contributed by atoms with Crippen molar-refractivity contribution in [1.82, 2.24) is 31.2 Å². The van der Waals surface area contributed by atoms with Crippen LogP contribution in [0.5, 0.6) is 0 Å². The van der Waals surface area contributed by atoms with Gasteiger partial charge in [-0.25, -0.2) is 4.98 Å². The van der Waals surface area contributed by atoms with Crippen LogP contribution in [0.3, 0.4) is 0 Å². The van der Waals surface area contributed by atoms with Gasteiger partial charge in [-0.1, -0.05) is 56.3 Å². The van der Waals surface area contributed by atoms with Crippen molar-refractivity contribution in [3.63, 3.8) is 0 Å². The maximum Gasteiger partial charge on any atom is 0.289 e. The zero-order valence-corrected chi connectivity index (χ0v) is 23.1. The van der Waals surface area contributed by atoms with Crippen LogP contribution in [0, 0.1) is 11.8 Å². The molecule has 2 heterocycles. The van der Waals surface area contributed by atoms with Crippen molar-refractivity contribution >= 4 is 40.4 Å². The van der Waals surface area contributed by atoms with Gasteiger partial charge in [0.2, 0.25) is 17.6 Å². The Morgan fingerprint density at radius 1 is 0.951 bits per heavy atom. The summed E-state index contributed by atoms with van der Waals surface area (Å²) in [6, 6.07) is 13.9. The standard InChI is InChI=1S/C30H34N6O5/c1-18(2)14-24(36-29(40)25-17-32-21-10-6-7-11-22(21)34-25)28(39)35-23(15-20-12-13-31-27(20)38)26(37)30(41)33-16-19-8-4-3-5-9-19/h3-11,17-18,20,23-24H,12-16H2,1-2H3,(H,31,38)(H,33,41)(H,35,39)(H,36,40)/t20-,23-,24-/m0/s1. The zero-order valence-electron chi connectivity index (χ0n) is 23.1. The molecule has 0 unspecified atom stereocenters. The van der Waals surface area contributed by atoms with Crippen molar-refractivity contribution in [2.45, 2.75) is 51.7 Å². The number of ketones is 1. The van der Waals surface area contributed by atoms with Crippen LogP contribution < -0.4 is 21.3 Å². The van der Waals surface area contributed by atoms with Crippen molar-refractivity contribution < 1.29 is 24.0 Å². The molecular weight excluding hydrogens is 524 g/mol. The highest BCUT2D eigenvalue weighted by Crippen LogP contribution is 2.18. The highest BCUT2D eigenvalue weighted by Gasteiger charge is 2.35. The molecule has 0 spiro atoms. The first-order chi connectivity index (χ1) is 19.7. The molecule has 0 bridgehead atoms. The molecule has 41 heavy (non-hydrogen) atoms. The number of para-hydroxylation sites is 2. The number of fused-ring (bicyclic) bond motifs is 1. The van der Waals surface area contributed by atoms with E-state index >= 15 is 0 Å². The minimum Gasteiger partial charge on any atom is -0.356 e.